The molecule has 2 heterocycles. The van der Waals surface area contributed by atoms with Crippen LogP contribution in [-0.4, -0.2) is 40.7 Å². The number of allylic oxidation sites excluding steroid dienone is 2. The van der Waals surface area contributed by atoms with Gasteiger partial charge in [0.05, 0.1) is 47.5 Å². The molecule has 0 radical (unpaired) electrons. The van der Waals surface area contributed by atoms with E-state index in [9.17, 15) is 28.7 Å². The van der Waals surface area contributed by atoms with E-state index in [1.807, 2.05) is 36.4 Å². The molecule has 0 spiro atoms. The summed E-state index contributed by atoms with van der Waals surface area (Å²) in [5.74, 6) is -5.83. The number of carbonyl (C=O) groups excluding carboxylic acids is 4. The third kappa shape index (κ3) is 4.16. The van der Waals surface area contributed by atoms with E-state index in [1.165, 1.54) is 24.1 Å². The number of nitrogens with zero attached hydrogens (tertiary/aromatic N) is 2. The van der Waals surface area contributed by atoms with E-state index in [-0.39, 0.29) is 53.4 Å². The molecule has 4 amide bonds. The number of anilines is 1. The van der Waals surface area contributed by atoms with Gasteiger partial charge in [-0.05, 0) is 55.5 Å². The molecule has 7 rings (SSSR count). The molecule has 230 valence electrons. The topological polar surface area (TPSA) is 104 Å². The van der Waals surface area contributed by atoms with E-state index in [1.54, 1.807) is 25.1 Å². The maximum atomic E-state index is 14.5. The molecular weight excluding hydrogens is 599 g/mol. The lowest BCUT2D eigenvalue weighted by atomic mass is 9.51. The van der Waals surface area contributed by atoms with Gasteiger partial charge in [-0.1, -0.05) is 65.7 Å². The highest BCUT2D eigenvalue weighted by atomic mass is 35.5. The predicted molar refractivity (Wildman–Crippen MR) is 163 cm³/mol. The van der Waals surface area contributed by atoms with Crippen molar-refractivity contribution in [1.82, 2.24) is 4.90 Å². The van der Waals surface area contributed by atoms with Crippen molar-refractivity contribution in [3.05, 3.63) is 100 Å². The first-order valence-corrected chi connectivity index (χ1v) is 15.2. The SMILES string of the molecule is COc1cccc([C@H]2C3=CC[C@@H]4C(=O)N(Cc5ccccc5)C(=O)[C@@H]4[C@@H]3C[C@H]3C(=O)N(c4ccc(F)c(Cl)c4)C(=O)[C@@]23C)c1O. The Kier molecular flexibility index (Phi) is 6.85. The number of benzene rings is 3. The number of ether oxygens (including phenoxy) is 1. The van der Waals surface area contributed by atoms with Crippen molar-refractivity contribution in [2.75, 3.05) is 12.0 Å². The zero-order valence-electron chi connectivity index (χ0n) is 24.6. The number of halogens is 2. The van der Waals surface area contributed by atoms with Gasteiger partial charge in [0.1, 0.15) is 5.82 Å². The van der Waals surface area contributed by atoms with Crippen LogP contribution in [0, 0.1) is 34.9 Å². The van der Waals surface area contributed by atoms with Gasteiger partial charge >= 0.3 is 0 Å². The number of amides is 4. The molecule has 10 heteroatoms. The number of imide groups is 2. The number of fused-ring (bicyclic) bond motifs is 4. The average Bonchev–Trinajstić information content (AvgIpc) is 3.39. The average molecular weight is 629 g/mol. The van der Waals surface area contributed by atoms with Gasteiger partial charge < -0.3 is 9.84 Å². The second-order valence-electron chi connectivity index (χ2n) is 12.4. The molecule has 3 fully saturated rings. The van der Waals surface area contributed by atoms with E-state index < -0.39 is 52.6 Å². The molecule has 3 aromatic carbocycles. The highest BCUT2D eigenvalue weighted by Gasteiger charge is 2.68. The molecule has 2 saturated heterocycles. The number of hydrogen-bond acceptors (Lipinski definition) is 6. The number of para-hydroxylation sites is 1. The van der Waals surface area contributed by atoms with Crippen molar-refractivity contribution in [2.24, 2.45) is 29.1 Å². The Morgan fingerprint density at radius 1 is 0.978 bits per heavy atom. The molecule has 4 aliphatic rings. The van der Waals surface area contributed by atoms with E-state index in [0.717, 1.165) is 22.1 Å². The van der Waals surface area contributed by atoms with Crippen LogP contribution in [0.25, 0.3) is 0 Å². The summed E-state index contributed by atoms with van der Waals surface area (Å²) in [6.45, 7) is 1.85. The summed E-state index contributed by atoms with van der Waals surface area (Å²) in [6, 6.07) is 18.0. The van der Waals surface area contributed by atoms with E-state index in [0.29, 0.717) is 5.56 Å². The van der Waals surface area contributed by atoms with Gasteiger partial charge in [0, 0.05) is 11.5 Å². The Balaban J connectivity index is 1.36. The van der Waals surface area contributed by atoms with Crippen LogP contribution in [-0.2, 0) is 25.7 Å². The summed E-state index contributed by atoms with van der Waals surface area (Å²) in [5.41, 5.74) is 0.700. The molecule has 1 saturated carbocycles. The molecule has 2 aliphatic heterocycles. The molecule has 0 unspecified atom stereocenters. The Bertz CT molecular complexity index is 1810. The molecule has 0 bridgehead atoms. The van der Waals surface area contributed by atoms with Gasteiger partial charge in [-0.3, -0.25) is 24.1 Å². The van der Waals surface area contributed by atoms with Crippen molar-refractivity contribution >= 4 is 40.9 Å². The van der Waals surface area contributed by atoms with E-state index in [4.69, 9.17) is 16.3 Å². The van der Waals surface area contributed by atoms with Crippen molar-refractivity contribution in [3.8, 4) is 11.5 Å². The summed E-state index contributed by atoms with van der Waals surface area (Å²) in [4.78, 5) is 58.9. The molecule has 8 nitrogen and oxygen atoms in total. The summed E-state index contributed by atoms with van der Waals surface area (Å²) in [6.07, 6.45) is 2.36. The monoisotopic (exact) mass is 628 g/mol. The number of likely N-dealkylation sites (tertiary alicyclic amines) is 1. The largest absolute Gasteiger partial charge is 0.504 e. The van der Waals surface area contributed by atoms with E-state index in [2.05, 4.69) is 0 Å². The fraction of sp³-hybridized carbons (Fsp3) is 0.314. The van der Waals surface area contributed by atoms with Crippen LogP contribution in [0.15, 0.2) is 78.4 Å². The van der Waals surface area contributed by atoms with Gasteiger partial charge in [-0.2, -0.15) is 0 Å². The summed E-state index contributed by atoms with van der Waals surface area (Å²) >= 11 is 6.06. The number of phenolic OH excluding ortho intramolecular Hbond substituents is 1. The molecule has 45 heavy (non-hydrogen) atoms. The van der Waals surface area contributed by atoms with E-state index >= 15 is 0 Å². The first-order chi connectivity index (χ1) is 21.6. The third-order valence-corrected chi connectivity index (χ3v) is 10.6. The smallest absolute Gasteiger partial charge is 0.241 e. The number of aromatic hydroxyl groups is 1. The summed E-state index contributed by atoms with van der Waals surface area (Å²) in [5, 5.41) is 11.2. The van der Waals surface area contributed by atoms with Gasteiger partial charge in [0.15, 0.2) is 11.5 Å². The minimum absolute atomic E-state index is 0.136. The summed E-state index contributed by atoms with van der Waals surface area (Å²) in [7, 11) is 1.42. The third-order valence-electron chi connectivity index (χ3n) is 10.3. The van der Waals surface area contributed by atoms with Crippen LogP contribution >= 0.6 is 11.6 Å². The van der Waals surface area contributed by atoms with Crippen molar-refractivity contribution in [2.45, 2.75) is 32.2 Å². The highest BCUT2D eigenvalue weighted by Crippen LogP contribution is 2.64. The lowest BCUT2D eigenvalue weighted by Crippen LogP contribution is -2.48. The maximum Gasteiger partial charge on any atom is 0.241 e. The Morgan fingerprint density at radius 3 is 2.44 bits per heavy atom. The zero-order valence-corrected chi connectivity index (χ0v) is 25.3. The second-order valence-corrected chi connectivity index (χ2v) is 12.8. The Morgan fingerprint density at radius 2 is 1.73 bits per heavy atom. The molecule has 3 aromatic rings. The second kappa shape index (κ2) is 10.5. The fourth-order valence-corrected chi connectivity index (χ4v) is 8.33. The first kappa shape index (κ1) is 29.2. The number of methoxy groups -OCH3 is 1. The maximum absolute atomic E-state index is 14.5. The standard InChI is InChI=1S/C35H30ClFN2O6/c1-35-24(32(42)39(34(35)44)19-11-14-26(37)25(36)15-19)16-23-20(29(35)22-9-6-10-27(45-2)30(22)40)12-13-21-28(23)33(43)38(31(21)41)17-18-7-4-3-5-8-18/h3-12,14-15,21,23-24,28-29,40H,13,16-17H2,1-2H3/t21-,23+,24-,28-,29+,35+/m0/s1. The predicted octanol–water partition coefficient (Wildman–Crippen LogP) is 5.62. The lowest BCUT2D eigenvalue weighted by Gasteiger charge is -2.49. The zero-order chi connectivity index (χ0) is 31.8. The minimum atomic E-state index is -1.38. The molecule has 1 N–H and O–H groups in total. The summed E-state index contributed by atoms with van der Waals surface area (Å²) < 4.78 is 19.5. The quantitative estimate of drug-likeness (QED) is 0.290. The van der Waals surface area contributed by atoms with Crippen LogP contribution in [0.2, 0.25) is 5.02 Å². The van der Waals surface area contributed by atoms with Crippen LogP contribution in [0.4, 0.5) is 10.1 Å². The van der Waals surface area contributed by atoms with Crippen LogP contribution in [0.1, 0.15) is 36.8 Å². The van der Waals surface area contributed by atoms with Crippen LogP contribution in [0.5, 0.6) is 11.5 Å². The van der Waals surface area contributed by atoms with Gasteiger partial charge in [0.2, 0.25) is 23.6 Å². The van der Waals surface area contributed by atoms with Crippen molar-refractivity contribution in [3.63, 3.8) is 0 Å². The highest BCUT2D eigenvalue weighted by molar-refractivity contribution is 6.31. The lowest BCUT2D eigenvalue weighted by molar-refractivity contribution is -0.141. The fourth-order valence-electron chi connectivity index (χ4n) is 8.15. The van der Waals surface area contributed by atoms with Crippen molar-refractivity contribution < 1.29 is 33.4 Å². The molecular formula is C35H30ClFN2O6. The van der Waals surface area contributed by atoms with Crippen molar-refractivity contribution in [1.29, 1.82) is 0 Å². The number of phenols is 1. The number of carbonyl (C=O) groups is 4. The number of hydrogen-bond donors (Lipinski definition) is 1. The van der Waals surface area contributed by atoms with Gasteiger partial charge in [-0.15, -0.1) is 0 Å². The normalized spacial score (nSPS) is 29.0. The molecule has 6 atom stereocenters. The van der Waals surface area contributed by atoms with Gasteiger partial charge in [0.25, 0.3) is 0 Å². The van der Waals surface area contributed by atoms with Crippen LogP contribution < -0.4 is 9.64 Å². The molecule has 0 aromatic heterocycles. The first-order valence-electron chi connectivity index (χ1n) is 14.9. The van der Waals surface area contributed by atoms with Crippen LogP contribution in [0.3, 0.4) is 0 Å². The van der Waals surface area contributed by atoms with Gasteiger partial charge in [-0.25, -0.2) is 9.29 Å². The Hall–Kier alpha value is -4.50. The number of rotatable bonds is 5. The molecule has 2 aliphatic carbocycles. The Labute approximate surface area is 264 Å². The minimum Gasteiger partial charge on any atom is -0.504 e.